The Morgan fingerprint density at radius 1 is 1.73 bits per heavy atom. The van der Waals surface area contributed by atoms with Gasteiger partial charge in [0.2, 0.25) is 0 Å². The zero-order valence-electron chi connectivity index (χ0n) is 8.65. The van der Waals surface area contributed by atoms with E-state index in [4.69, 9.17) is 10.5 Å². The van der Waals surface area contributed by atoms with E-state index in [1.54, 1.807) is 13.2 Å². The molecule has 0 bridgehead atoms. The maximum absolute atomic E-state index is 11.6. The van der Waals surface area contributed by atoms with Crippen LogP contribution >= 0.6 is 23.7 Å². The third-order valence-corrected chi connectivity index (χ3v) is 2.68. The van der Waals surface area contributed by atoms with Crippen molar-refractivity contribution in [1.29, 1.82) is 0 Å². The van der Waals surface area contributed by atoms with E-state index in [0.717, 1.165) is 0 Å². The fourth-order valence-corrected chi connectivity index (χ4v) is 1.73. The van der Waals surface area contributed by atoms with E-state index in [2.05, 4.69) is 5.32 Å². The van der Waals surface area contributed by atoms with Gasteiger partial charge in [-0.1, -0.05) is 0 Å². The van der Waals surface area contributed by atoms with E-state index in [1.807, 2.05) is 12.3 Å². The quantitative estimate of drug-likeness (QED) is 0.846. The summed E-state index contributed by atoms with van der Waals surface area (Å²) < 4.78 is 5.04. The Morgan fingerprint density at radius 2 is 2.40 bits per heavy atom. The highest BCUT2D eigenvalue weighted by atomic mass is 35.5. The van der Waals surface area contributed by atoms with Gasteiger partial charge in [0.25, 0.3) is 5.91 Å². The molecule has 1 rings (SSSR count). The van der Waals surface area contributed by atoms with Gasteiger partial charge in [-0.15, -0.1) is 23.7 Å². The summed E-state index contributed by atoms with van der Waals surface area (Å²) in [7, 11) is 1.55. The number of rotatable bonds is 4. The first-order valence-corrected chi connectivity index (χ1v) is 5.19. The normalized spacial score (nSPS) is 11.4. The minimum atomic E-state index is -0.130. The minimum Gasteiger partial charge on any atom is -0.495 e. The second kappa shape index (κ2) is 6.66. The molecule has 0 saturated heterocycles. The van der Waals surface area contributed by atoms with Crippen molar-refractivity contribution in [3.8, 4) is 5.75 Å². The molecule has 1 heterocycles. The van der Waals surface area contributed by atoms with Crippen LogP contribution in [0.3, 0.4) is 0 Å². The number of methoxy groups -OCH3 is 1. The van der Waals surface area contributed by atoms with Crippen LogP contribution in [0.5, 0.6) is 5.75 Å². The first-order valence-electron chi connectivity index (χ1n) is 4.31. The minimum absolute atomic E-state index is 0. The van der Waals surface area contributed by atoms with Gasteiger partial charge in [0.05, 0.1) is 7.11 Å². The molecule has 15 heavy (non-hydrogen) atoms. The summed E-state index contributed by atoms with van der Waals surface area (Å²) in [5, 5.41) is 4.59. The SMILES string of the molecule is COc1ccsc1C(=O)N[C@@H](C)CN.Cl. The topological polar surface area (TPSA) is 64.3 Å². The summed E-state index contributed by atoms with van der Waals surface area (Å²) >= 11 is 1.36. The number of nitrogens with two attached hydrogens (primary N) is 1. The average Bonchev–Trinajstić information content (AvgIpc) is 2.65. The van der Waals surface area contributed by atoms with Crippen molar-refractivity contribution in [2.45, 2.75) is 13.0 Å². The smallest absolute Gasteiger partial charge is 0.265 e. The van der Waals surface area contributed by atoms with Crippen LogP contribution in [0.15, 0.2) is 11.4 Å². The van der Waals surface area contributed by atoms with Crippen LogP contribution in [0.1, 0.15) is 16.6 Å². The predicted molar refractivity (Wildman–Crippen MR) is 64.1 cm³/mol. The van der Waals surface area contributed by atoms with Crippen molar-refractivity contribution in [3.05, 3.63) is 16.3 Å². The first kappa shape index (κ1) is 14.2. The zero-order valence-corrected chi connectivity index (χ0v) is 10.3. The summed E-state index contributed by atoms with van der Waals surface area (Å²) in [4.78, 5) is 12.2. The molecule has 1 aromatic heterocycles. The summed E-state index contributed by atoms with van der Waals surface area (Å²) in [6, 6.07) is 1.75. The molecule has 1 atom stereocenters. The van der Waals surface area contributed by atoms with Crippen LogP contribution in [-0.2, 0) is 0 Å². The number of nitrogens with one attached hydrogen (secondary N) is 1. The third-order valence-electron chi connectivity index (χ3n) is 1.79. The summed E-state index contributed by atoms with van der Waals surface area (Å²) in [6.45, 7) is 2.29. The Hall–Kier alpha value is -0.780. The van der Waals surface area contributed by atoms with Crippen molar-refractivity contribution in [2.24, 2.45) is 5.73 Å². The number of carbonyl (C=O) groups is 1. The number of carbonyl (C=O) groups excluding carboxylic acids is 1. The van der Waals surface area contributed by atoms with Gasteiger partial charge in [-0.05, 0) is 18.4 Å². The van der Waals surface area contributed by atoms with Crippen LogP contribution in [0.25, 0.3) is 0 Å². The molecular weight excluding hydrogens is 236 g/mol. The van der Waals surface area contributed by atoms with E-state index in [1.165, 1.54) is 11.3 Å². The molecule has 0 saturated carbocycles. The second-order valence-electron chi connectivity index (χ2n) is 2.93. The van der Waals surface area contributed by atoms with Gasteiger partial charge in [-0.3, -0.25) is 4.79 Å². The average molecular weight is 251 g/mol. The molecule has 0 unspecified atom stereocenters. The van der Waals surface area contributed by atoms with Crippen LogP contribution in [0, 0.1) is 0 Å². The predicted octanol–water partition coefficient (Wildman–Crippen LogP) is 1.26. The van der Waals surface area contributed by atoms with Crippen molar-refractivity contribution in [3.63, 3.8) is 0 Å². The lowest BCUT2D eigenvalue weighted by molar-refractivity contribution is 0.0942. The van der Waals surface area contributed by atoms with Crippen LogP contribution in [-0.4, -0.2) is 25.6 Å². The van der Waals surface area contributed by atoms with Gasteiger partial charge in [0, 0.05) is 12.6 Å². The molecule has 0 radical (unpaired) electrons. The fraction of sp³-hybridized carbons (Fsp3) is 0.444. The van der Waals surface area contributed by atoms with E-state index >= 15 is 0 Å². The zero-order chi connectivity index (χ0) is 10.6. The number of amides is 1. The maximum Gasteiger partial charge on any atom is 0.265 e. The first-order chi connectivity index (χ1) is 6.69. The molecule has 1 amide bonds. The van der Waals surface area contributed by atoms with Gasteiger partial charge in [0.1, 0.15) is 10.6 Å². The Balaban J connectivity index is 0.00000196. The molecule has 6 heteroatoms. The summed E-state index contributed by atoms with van der Waals surface area (Å²) in [5.41, 5.74) is 5.40. The molecule has 4 nitrogen and oxygen atoms in total. The molecule has 3 N–H and O–H groups in total. The monoisotopic (exact) mass is 250 g/mol. The van der Waals surface area contributed by atoms with E-state index < -0.39 is 0 Å². The van der Waals surface area contributed by atoms with Crippen LogP contribution in [0.4, 0.5) is 0 Å². The molecule has 0 fully saturated rings. The molecule has 0 aliphatic rings. The van der Waals surface area contributed by atoms with Crippen molar-refractivity contribution in [2.75, 3.05) is 13.7 Å². The van der Waals surface area contributed by atoms with Gasteiger partial charge in [-0.25, -0.2) is 0 Å². The third kappa shape index (κ3) is 3.70. The molecule has 0 aliphatic carbocycles. The highest BCUT2D eigenvalue weighted by Gasteiger charge is 2.14. The maximum atomic E-state index is 11.6. The number of hydrogen-bond donors (Lipinski definition) is 2. The van der Waals surface area contributed by atoms with Gasteiger partial charge >= 0.3 is 0 Å². The van der Waals surface area contributed by atoms with E-state index in [9.17, 15) is 4.79 Å². The standard InChI is InChI=1S/C9H14N2O2S.ClH/c1-6(5-10)11-9(12)8-7(13-2)3-4-14-8;/h3-4,6H,5,10H2,1-2H3,(H,11,12);1H/t6-;/m0./s1. The molecule has 0 aliphatic heterocycles. The second-order valence-corrected chi connectivity index (χ2v) is 3.84. The van der Waals surface area contributed by atoms with Crippen molar-refractivity contribution >= 4 is 29.7 Å². The van der Waals surface area contributed by atoms with Crippen LogP contribution in [0.2, 0.25) is 0 Å². The molecular formula is C9H15ClN2O2S. The number of hydrogen-bond acceptors (Lipinski definition) is 4. The fourth-order valence-electron chi connectivity index (χ4n) is 0.972. The largest absolute Gasteiger partial charge is 0.495 e. The van der Waals surface area contributed by atoms with Crippen molar-refractivity contribution < 1.29 is 9.53 Å². The lowest BCUT2D eigenvalue weighted by Gasteiger charge is -2.10. The van der Waals surface area contributed by atoms with E-state index in [-0.39, 0.29) is 24.4 Å². The Bertz CT molecular complexity index is 317. The Kier molecular flexibility index (Phi) is 6.31. The van der Waals surface area contributed by atoms with E-state index in [0.29, 0.717) is 17.2 Å². The van der Waals surface area contributed by atoms with Crippen LogP contribution < -0.4 is 15.8 Å². The summed E-state index contributed by atoms with van der Waals surface area (Å²) in [6.07, 6.45) is 0. The summed E-state index contributed by atoms with van der Waals surface area (Å²) in [5.74, 6) is 0.478. The van der Waals surface area contributed by atoms with Crippen molar-refractivity contribution in [1.82, 2.24) is 5.32 Å². The highest BCUT2D eigenvalue weighted by Crippen LogP contribution is 2.23. The number of ether oxygens (including phenoxy) is 1. The lowest BCUT2D eigenvalue weighted by Crippen LogP contribution is -2.37. The van der Waals surface area contributed by atoms with Gasteiger partial charge in [0.15, 0.2) is 0 Å². The number of thiophene rings is 1. The highest BCUT2D eigenvalue weighted by molar-refractivity contribution is 7.12. The molecule has 0 spiro atoms. The Morgan fingerprint density at radius 3 is 2.93 bits per heavy atom. The lowest BCUT2D eigenvalue weighted by atomic mass is 10.3. The molecule has 0 aromatic carbocycles. The molecule has 1 aromatic rings. The Labute approximate surface area is 99.2 Å². The van der Waals surface area contributed by atoms with Gasteiger partial charge < -0.3 is 15.8 Å². The molecule has 86 valence electrons. The van der Waals surface area contributed by atoms with Gasteiger partial charge in [-0.2, -0.15) is 0 Å². The number of halogens is 1.